The number of fused-ring (bicyclic) bond motifs is 1. The molecule has 0 aliphatic rings. The molecule has 1 aromatic carbocycles. The van der Waals surface area contributed by atoms with Crippen molar-refractivity contribution in [1.29, 1.82) is 0 Å². The fourth-order valence-electron chi connectivity index (χ4n) is 2.02. The number of aromatic nitrogens is 4. The van der Waals surface area contributed by atoms with E-state index in [0.29, 0.717) is 11.5 Å². The Kier molecular flexibility index (Phi) is 3.33. The number of nitrogens with zero attached hydrogens (tertiary/aromatic N) is 4. The van der Waals surface area contributed by atoms with Gasteiger partial charge in [-0.3, -0.25) is 0 Å². The Labute approximate surface area is 119 Å². The number of hydrogen-bond donors (Lipinski definition) is 1. The third kappa shape index (κ3) is 2.46. The van der Waals surface area contributed by atoms with Gasteiger partial charge in [-0.15, -0.1) is 5.10 Å². The van der Waals surface area contributed by atoms with Gasteiger partial charge in [0.05, 0.1) is 5.69 Å². The highest BCUT2D eigenvalue weighted by molar-refractivity contribution is 5.87. The van der Waals surface area contributed by atoms with Crippen LogP contribution in [-0.2, 0) is 11.3 Å². The van der Waals surface area contributed by atoms with Gasteiger partial charge < -0.3 is 9.84 Å². The Morgan fingerprint density at radius 2 is 2.05 bits per heavy atom. The lowest BCUT2D eigenvalue weighted by molar-refractivity contribution is 0.0690. The van der Waals surface area contributed by atoms with Crippen LogP contribution in [-0.4, -0.2) is 37.8 Å². The molecule has 0 atom stereocenters. The molecule has 0 radical (unpaired) electrons. The molecule has 0 aliphatic carbocycles. The predicted molar refractivity (Wildman–Crippen MR) is 73.9 cm³/mol. The molecule has 3 rings (SSSR count). The van der Waals surface area contributed by atoms with Gasteiger partial charge in [0.25, 0.3) is 5.78 Å². The molecule has 21 heavy (non-hydrogen) atoms. The van der Waals surface area contributed by atoms with Gasteiger partial charge in [-0.25, -0.2) is 9.78 Å². The van der Waals surface area contributed by atoms with Gasteiger partial charge in [-0.05, 0) is 6.07 Å². The molecule has 2 aromatic heterocycles. The van der Waals surface area contributed by atoms with E-state index in [4.69, 9.17) is 4.74 Å². The summed E-state index contributed by atoms with van der Waals surface area (Å²) in [6, 6.07) is 10.9. The van der Waals surface area contributed by atoms with Crippen LogP contribution in [0.4, 0.5) is 0 Å². The SMILES string of the molecule is COCc1nc2nc(C(=O)O)cc(-c3ccccc3)n2n1. The second-order valence-corrected chi connectivity index (χ2v) is 4.37. The quantitative estimate of drug-likeness (QED) is 0.783. The fourth-order valence-corrected chi connectivity index (χ4v) is 2.02. The molecule has 0 aliphatic heterocycles. The number of carboxylic acid groups (broad SMARTS) is 1. The van der Waals surface area contributed by atoms with Crippen molar-refractivity contribution in [3.05, 3.63) is 47.9 Å². The number of methoxy groups -OCH3 is 1. The molecule has 2 heterocycles. The third-order valence-electron chi connectivity index (χ3n) is 2.92. The zero-order valence-electron chi connectivity index (χ0n) is 11.2. The lowest BCUT2D eigenvalue weighted by Crippen LogP contribution is -2.05. The molecule has 7 nitrogen and oxygen atoms in total. The van der Waals surface area contributed by atoms with Gasteiger partial charge >= 0.3 is 5.97 Å². The average molecular weight is 284 g/mol. The van der Waals surface area contributed by atoms with Crippen molar-refractivity contribution < 1.29 is 14.6 Å². The minimum atomic E-state index is -1.11. The Morgan fingerprint density at radius 3 is 2.71 bits per heavy atom. The van der Waals surface area contributed by atoms with E-state index >= 15 is 0 Å². The maximum atomic E-state index is 11.2. The van der Waals surface area contributed by atoms with Crippen molar-refractivity contribution in [3.8, 4) is 11.3 Å². The minimum Gasteiger partial charge on any atom is -0.477 e. The Hall–Kier alpha value is -2.80. The molecule has 0 unspecified atom stereocenters. The molecule has 7 heteroatoms. The molecule has 106 valence electrons. The first kappa shape index (κ1) is 13.2. The van der Waals surface area contributed by atoms with E-state index in [9.17, 15) is 9.90 Å². The summed E-state index contributed by atoms with van der Waals surface area (Å²) in [5, 5.41) is 13.5. The normalized spacial score (nSPS) is 10.9. The molecule has 0 saturated heterocycles. The van der Waals surface area contributed by atoms with E-state index in [1.807, 2.05) is 30.3 Å². The van der Waals surface area contributed by atoms with Crippen LogP contribution in [0.25, 0.3) is 17.0 Å². The predicted octanol–water partition coefficient (Wildman–Crippen LogP) is 1.64. The fraction of sp³-hybridized carbons (Fsp3) is 0.143. The molecule has 0 fully saturated rings. The molecule has 0 bridgehead atoms. The van der Waals surface area contributed by atoms with Crippen LogP contribution < -0.4 is 0 Å². The summed E-state index contributed by atoms with van der Waals surface area (Å²) < 4.78 is 6.52. The largest absolute Gasteiger partial charge is 0.477 e. The molecule has 0 saturated carbocycles. The second kappa shape index (κ2) is 5.29. The number of hydrogen-bond acceptors (Lipinski definition) is 5. The van der Waals surface area contributed by atoms with Crippen molar-refractivity contribution in [1.82, 2.24) is 19.6 Å². The monoisotopic (exact) mass is 284 g/mol. The summed E-state index contributed by atoms with van der Waals surface area (Å²) >= 11 is 0. The van der Waals surface area contributed by atoms with Gasteiger partial charge in [0, 0.05) is 12.7 Å². The summed E-state index contributed by atoms with van der Waals surface area (Å²) in [5.41, 5.74) is 1.38. The first-order valence-electron chi connectivity index (χ1n) is 6.23. The van der Waals surface area contributed by atoms with Crippen molar-refractivity contribution >= 4 is 11.7 Å². The van der Waals surface area contributed by atoms with Crippen LogP contribution in [0, 0.1) is 0 Å². The van der Waals surface area contributed by atoms with Crippen LogP contribution in [0.3, 0.4) is 0 Å². The smallest absolute Gasteiger partial charge is 0.354 e. The van der Waals surface area contributed by atoms with Gasteiger partial charge in [0.1, 0.15) is 6.61 Å². The van der Waals surface area contributed by atoms with Crippen LogP contribution in [0.1, 0.15) is 16.3 Å². The van der Waals surface area contributed by atoms with Crippen molar-refractivity contribution in [2.24, 2.45) is 0 Å². The number of carbonyl (C=O) groups is 1. The maximum absolute atomic E-state index is 11.2. The zero-order valence-corrected chi connectivity index (χ0v) is 11.2. The highest BCUT2D eigenvalue weighted by Crippen LogP contribution is 2.20. The van der Waals surface area contributed by atoms with Crippen LogP contribution >= 0.6 is 0 Å². The summed E-state index contributed by atoms with van der Waals surface area (Å²) in [5.74, 6) is -0.420. The number of ether oxygens (including phenoxy) is 1. The number of aromatic carboxylic acids is 1. The van der Waals surface area contributed by atoms with Crippen LogP contribution in [0.15, 0.2) is 36.4 Å². The zero-order chi connectivity index (χ0) is 14.8. The van der Waals surface area contributed by atoms with Crippen molar-refractivity contribution in [3.63, 3.8) is 0 Å². The van der Waals surface area contributed by atoms with E-state index in [-0.39, 0.29) is 18.1 Å². The molecule has 0 amide bonds. The summed E-state index contributed by atoms with van der Waals surface area (Å²) in [7, 11) is 1.54. The number of rotatable bonds is 4. The van der Waals surface area contributed by atoms with Crippen LogP contribution in [0.5, 0.6) is 0 Å². The van der Waals surface area contributed by atoms with E-state index in [2.05, 4.69) is 15.1 Å². The highest BCUT2D eigenvalue weighted by Gasteiger charge is 2.15. The Balaban J connectivity index is 2.26. The van der Waals surface area contributed by atoms with Crippen molar-refractivity contribution in [2.75, 3.05) is 7.11 Å². The second-order valence-electron chi connectivity index (χ2n) is 4.37. The topological polar surface area (TPSA) is 89.6 Å². The summed E-state index contributed by atoms with van der Waals surface area (Å²) in [6.07, 6.45) is 0. The average Bonchev–Trinajstić information content (AvgIpc) is 2.89. The van der Waals surface area contributed by atoms with E-state index in [0.717, 1.165) is 5.56 Å². The summed E-state index contributed by atoms with van der Waals surface area (Å²) in [4.78, 5) is 19.4. The van der Waals surface area contributed by atoms with Gasteiger partial charge in [0.15, 0.2) is 11.5 Å². The van der Waals surface area contributed by atoms with Gasteiger partial charge in [0.2, 0.25) is 0 Å². The lowest BCUT2D eigenvalue weighted by atomic mass is 10.1. The van der Waals surface area contributed by atoms with Crippen LogP contribution in [0.2, 0.25) is 0 Å². The number of benzene rings is 1. The standard InChI is InChI=1S/C14H12N4O3/c1-21-8-12-16-14-15-10(13(19)20)7-11(18(14)17-12)9-5-3-2-4-6-9/h2-7H,8H2,1H3,(H,19,20). The van der Waals surface area contributed by atoms with E-state index in [1.165, 1.54) is 10.6 Å². The van der Waals surface area contributed by atoms with Gasteiger partial charge in [-0.1, -0.05) is 30.3 Å². The lowest BCUT2D eigenvalue weighted by Gasteiger charge is -2.05. The number of carboxylic acids is 1. The third-order valence-corrected chi connectivity index (χ3v) is 2.92. The van der Waals surface area contributed by atoms with E-state index in [1.54, 1.807) is 7.11 Å². The molecular formula is C14H12N4O3. The Morgan fingerprint density at radius 1 is 1.29 bits per heavy atom. The van der Waals surface area contributed by atoms with Gasteiger partial charge in [-0.2, -0.15) is 9.50 Å². The molecule has 3 aromatic rings. The minimum absolute atomic E-state index is 0.0716. The first-order valence-corrected chi connectivity index (χ1v) is 6.23. The summed E-state index contributed by atoms with van der Waals surface area (Å²) in [6.45, 7) is 0.236. The first-order chi connectivity index (χ1) is 10.2. The highest BCUT2D eigenvalue weighted by atomic mass is 16.5. The molecular weight excluding hydrogens is 272 g/mol. The van der Waals surface area contributed by atoms with Crippen molar-refractivity contribution in [2.45, 2.75) is 6.61 Å². The maximum Gasteiger partial charge on any atom is 0.354 e. The molecule has 1 N–H and O–H groups in total. The van der Waals surface area contributed by atoms with E-state index < -0.39 is 5.97 Å². The molecule has 0 spiro atoms. The Bertz CT molecular complexity index is 799.